The van der Waals surface area contributed by atoms with Gasteiger partial charge in [0.05, 0.1) is 10.6 Å². The molecule has 1 aliphatic carbocycles. The van der Waals surface area contributed by atoms with Gasteiger partial charge < -0.3 is 5.32 Å². The number of thiazole rings is 1. The molecule has 0 radical (unpaired) electrons. The molecule has 0 saturated heterocycles. The molecule has 0 unspecified atom stereocenters. The maximum absolute atomic E-state index is 11.8. The van der Waals surface area contributed by atoms with E-state index in [0.717, 1.165) is 34.7 Å². The fourth-order valence-corrected chi connectivity index (χ4v) is 3.63. The Morgan fingerprint density at radius 2 is 1.89 bits per heavy atom. The second kappa shape index (κ2) is 6.92. The number of hydrogen-bond donors (Lipinski definition) is 1. The molecule has 3 aromatic rings. The molecular formula is C20H17N3O3S. The molecule has 1 amide bonds. The van der Waals surface area contributed by atoms with Crippen molar-refractivity contribution in [2.45, 2.75) is 19.8 Å². The Labute approximate surface area is 160 Å². The summed E-state index contributed by atoms with van der Waals surface area (Å²) in [5.41, 5.74) is 3.88. The van der Waals surface area contributed by atoms with Crippen LogP contribution in [0.2, 0.25) is 0 Å². The summed E-state index contributed by atoms with van der Waals surface area (Å²) in [5, 5.41) is 16.8. The van der Waals surface area contributed by atoms with Crippen molar-refractivity contribution in [3.8, 4) is 21.8 Å². The van der Waals surface area contributed by atoms with Crippen molar-refractivity contribution >= 4 is 28.6 Å². The van der Waals surface area contributed by atoms with E-state index in [2.05, 4.69) is 10.3 Å². The van der Waals surface area contributed by atoms with E-state index >= 15 is 0 Å². The molecule has 136 valence electrons. The highest BCUT2D eigenvalue weighted by Gasteiger charge is 2.29. The fraction of sp³-hybridized carbons (Fsp3) is 0.200. The molecule has 1 fully saturated rings. The summed E-state index contributed by atoms with van der Waals surface area (Å²) < 4.78 is 0. The number of amides is 1. The highest BCUT2D eigenvalue weighted by atomic mass is 32.1. The van der Waals surface area contributed by atoms with Gasteiger partial charge >= 0.3 is 0 Å². The highest BCUT2D eigenvalue weighted by molar-refractivity contribution is 7.13. The standard InChI is InChI=1S/C20H17N3O3S/c1-12-2-3-15(10-18(12)23(25)26)17-11-27-20(22-17)14-6-8-16(9-7-14)21-19(24)13-4-5-13/h2-3,6-11,13H,4-5H2,1H3,(H,21,24). The van der Waals surface area contributed by atoms with Gasteiger partial charge in [-0.15, -0.1) is 11.3 Å². The topological polar surface area (TPSA) is 85.1 Å². The summed E-state index contributed by atoms with van der Waals surface area (Å²) >= 11 is 1.48. The van der Waals surface area contributed by atoms with Crippen LogP contribution in [0.5, 0.6) is 0 Å². The number of aryl methyl sites for hydroxylation is 1. The number of hydrogen-bond acceptors (Lipinski definition) is 5. The van der Waals surface area contributed by atoms with Crippen LogP contribution in [0.4, 0.5) is 11.4 Å². The van der Waals surface area contributed by atoms with E-state index in [0.29, 0.717) is 11.3 Å². The van der Waals surface area contributed by atoms with Crippen LogP contribution in [0, 0.1) is 23.0 Å². The molecule has 1 saturated carbocycles. The monoisotopic (exact) mass is 379 g/mol. The van der Waals surface area contributed by atoms with E-state index in [4.69, 9.17) is 0 Å². The summed E-state index contributed by atoms with van der Waals surface area (Å²) in [7, 11) is 0. The fourth-order valence-electron chi connectivity index (χ4n) is 2.79. The first-order valence-corrected chi connectivity index (χ1v) is 9.51. The van der Waals surface area contributed by atoms with Crippen molar-refractivity contribution < 1.29 is 9.72 Å². The van der Waals surface area contributed by atoms with Crippen LogP contribution in [0.1, 0.15) is 18.4 Å². The average molecular weight is 379 g/mol. The van der Waals surface area contributed by atoms with Crippen LogP contribution in [0.15, 0.2) is 47.8 Å². The van der Waals surface area contributed by atoms with Crippen molar-refractivity contribution in [1.82, 2.24) is 4.98 Å². The van der Waals surface area contributed by atoms with Crippen molar-refractivity contribution in [1.29, 1.82) is 0 Å². The SMILES string of the molecule is Cc1ccc(-c2csc(-c3ccc(NC(=O)C4CC4)cc3)n2)cc1[N+](=O)[O-]. The Morgan fingerprint density at radius 3 is 2.56 bits per heavy atom. The minimum Gasteiger partial charge on any atom is -0.326 e. The number of rotatable bonds is 5. The molecular weight excluding hydrogens is 362 g/mol. The first-order valence-electron chi connectivity index (χ1n) is 8.63. The molecule has 2 aromatic carbocycles. The van der Waals surface area contributed by atoms with E-state index in [1.54, 1.807) is 19.1 Å². The Balaban J connectivity index is 1.54. The Hall–Kier alpha value is -3.06. The highest BCUT2D eigenvalue weighted by Crippen LogP contribution is 2.33. The molecule has 1 aromatic heterocycles. The number of nitrogens with zero attached hydrogens (tertiary/aromatic N) is 2. The summed E-state index contributed by atoms with van der Waals surface area (Å²) in [5.74, 6) is 0.255. The zero-order valence-electron chi connectivity index (χ0n) is 14.6. The van der Waals surface area contributed by atoms with Crippen LogP contribution in [-0.2, 0) is 4.79 Å². The first-order chi connectivity index (χ1) is 13.0. The minimum absolute atomic E-state index is 0.0836. The van der Waals surface area contributed by atoms with Gasteiger partial charge in [0.1, 0.15) is 5.01 Å². The number of carbonyl (C=O) groups is 1. The Bertz CT molecular complexity index is 1020. The molecule has 27 heavy (non-hydrogen) atoms. The molecule has 4 rings (SSSR count). The van der Waals surface area contributed by atoms with Crippen molar-refractivity contribution in [2.24, 2.45) is 5.92 Å². The number of nitro groups is 1. The predicted molar refractivity (Wildman–Crippen MR) is 106 cm³/mol. The molecule has 0 bridgehead atoms. The smallest absolute Gasteiger partial charge is 0.272 e. The number of nitro benzene ring substituents is 1. The van der Waals surface area contributed by atoms with Crippen LogP contribution in [-0.4, -0.2) is 15.8 Å². The zero-order chi connectivity index (χ0) is 19.0. The van der Waals surface area contributed by atoms with E-state index in [9.17, 15) is 14.9 Å². The molecule has 0 aliphatic heterocycles. The second-order valence-electron chi connectivity index (χ2n) is 6.64. The lowest BCUT2D eigenvalue weighted by atomic mass is 10.1. The van der Waals surface area contributed by atoms with Gasteiger partial charge in [-0.1, -0.05) is 12.1 Å². The Kier molecular flexibility index (Phi) is 4.45. The summed E-state index contributed by atoms with van der Waals surface area (Å²) in [4.78, 5) is 27.2. The maximum atomic E-state index is 11.8. The van der Waals surface area contributed by atoms with Crippen molar-refractivity contribution in [3.63, 3.8) is 0 Å². The van der Waals surface area contributed by atoms with E-state index < -0.39 is 0 Å². The van der Waals surface area contributed by atoms with Crippen molar-refractivity contribution in [3.05, 3.63) is 63.5 Å². The van der Waals surface area contributed by atoms with Gasteiger partial charge in [0.15, 0.2) is 0 Å². The van der Waals surface area contributed by atoms with E-state index in [1.165, 1.54) is 11.3 Å². The molecule has 1 N–H and O–H groups in total. The van der Waals surface area contributed by atoms with Crippen LogP contribution < -0.4 is 5.32 Å². The predicted octanol–water partition coefficient (Wildman–Crippen LogP) is 5.04. The number of carbonyl (C=O) groups excluding carboxylic acids is 1. The largest absolute Gasteiger partial charge is 0.326 e. The number of benzene rings is 2. The first kappa shape index (κ1) is 17.4. The summed E-state index contributed by atoms with van der Waals surface area (Å²) in [6.45, 7) is 1.72. The van der Waals surface area contributed by atoms with Crippen LogP contribution >= 0.6 is 11.3 Å². The van der Waals surface area contributed by atoms with Crippen LogP contribution in [0.3, 0.4) is 0 Å². The quantitative estimate of drug-likeness (QED) is 0.497. The average Bonchev–Trinajstić information content (AvgIpc) is 3.40. The van der Waals surface area contributed by atoms with Gasteiger partial charge in [0.2, 0.25) is 5.91 Å². The van der Waals surface area contributed by atoms with E-state index in [-0.39, 0.29) is 22.4 Å². The lowest BCUT2D eigenvalue weighted by Crippen LogP contribution is -2.12. The third-order valence-corrected chi connectivity index (χ3v) is 5.44. The molecule has 7 heteroatoms. The zero-order valence-corrected chi connectivity index (χ0v) is 15.5. The number of anilines is 1. The molecule has 6 nitrogen and oxygen atoms in total. The molecule has 1 heterocycles. The third kappa shape index (κ3) is 3.73. The number of nitrogens with one attached hydrogen (secondary N) is 1. The second-order valence-corrected chi connectivity index (χ2v) is 7.50. The van der Waals surface area contributed by atoms with Gasteiger partial charge in [-0.05, 0) is 44.0 Å². The van der Waals surface area contributed by atoms with Gasteiger partial charge in [0, 0.05) is 39.7 Å². The normalized spacial score (nSPS) is 13.4. The van der Waals surface area contributed by atoms with Gasteiger partial charge in [-0.25, -0.2) is 4.98 Å². The minimum atomic E-state index is -0.374. The lowest BCUT2D eigenvalue weighted by molar-refractivity contribution is -0.385. The van der Waals surface area contributed by atoms with Gasteiger partial charge in [-0.2, -0.15) is 0 Å². The van der Waals surface area contributed by atoms with Gasteiger partial charge in [0.25, 0.3) is 5.69 Å². The summed E-state index contributed by atoms with van der Waals surface area (Å²) in [6.07, 6.45) is 1.95. The van der Waals surface area contributed by atoms with Gasteiger partial charge in [-0.3, -0.25) is 14.9 Å². The third-order valence-electron chi connectivity index (χ3n) is 4.55. The summed E-state index contributed by atoms with van der Waals surface area (Å²) in [6, 6.07) is 12.7. The molecule has 0 atom stereocenters. The van der Waals surface area contributed by atoms with Crippen LogP contribution in [0.25, 0.3) is 21.8 Å². The number of aromatic nitrogens is 1. The molecule has 1 aliphatic rings. The maximum Gasteiger partial charge on any atom is 0.272 e. The Morgan fingerprint density at radius 1 is 1.19 bits per heavy atom. The van der Waals surface area contributed by atoms with Crippen molar-refractivity contribution in [2.75, 3.05) is 5.32 Å². The molecule has 0 spiro atoms. The lowest BCUT2D eigenvalue weighted by Gasteiger charge is -2.04. The van der Waals surface area contributed by atoms with E-state index in [1.807, 2.05) is 35.7 Å².